The van der Waals surface area contributed by atoms with Crippen molar-refractivity contribution in [1.29, 1.82) is 0 Å². The van der Waals surface area contributed by atoms with E-state index >= 15 is 0 Å². The fraction of sp³-hybridized carbons (Fsp3) is 0.111. The van der Waals surface area contributed by atoms with Crippen LogP contribution in [0.15, 0.2) is 52.9 Å². The van der Waals surface area contributed by atoms with Gasteiger partial charge in [-0.2, -0.15) is 0 Å². The number of fused-ring (bicyclic) bond motifs is 1. The Bertz CT molecular complexity index is 953. The van der Waals surface area contributed by atoms with Gasteiger partial charge < -0.3 is 14.5 Å². The van der Waals surface area contributed by atoms with Crippen LogP contribution in [0.2, 0.25) is 5.02 Å². The molecule has 3 rings (SSSR count). The van der Waals surface area contributed by atoms with Crippen molar-refractivity contribution in [2.24, 2.45) is 0 Å². The summed E-state index contributed by atoms with van der Waals surface area (Å²) in [7, 11) is 0. The van der Waals surface area contributed by atoms with Crippen molar-refractivity contribution in [3.05, 3.63) is 65.1 Å². The highest BCUT2D eigenvalue weighted by molar-refractivity contribution is 6.31. The van der Waals surface area contributed by atoms with Crippen LogP contribution in [0.25, 0.3) is 11.0 Å². The number of esters is 1. The molecule has 1 atom stereocenters. The molecule has 7 heteroatoms. The van der Waals surface area contributed by atoms with Crippen LogP contribution in [0.3, 0.4) is 0 Å². The summed E-state index contributed by atoms with van der Waals surface area (Å²) in [6.45, 7) is 1.38. The highest BCUT2D eigenvalue weighted by Gasteiger charge is 2.22. The molecule has 5 nitrogen and oxygen atoms in total. The number of amides is 1. The number of ether oxygens (including phenoxy) is 1. The summed E-state index contributed by atoms with van der Waals surface area (Å²) in [6.07, 6.45) is -1.14. The smallest absolute Gasteiger partial charge is 0.375 e. The van der Waals surface area contributed by atoms with Crippen molar-refractivity contribution in [3.8, 4) is 0 Å². The molecule has 0 aliphatic carbocycles. The Morgan fingerprint density at radius 3 is 2.72 bits per heavy atom. The number of benzene rings is 2. The Morgan fingerprint density at radius 2 is 1.96 bits per heavy atom. The molecule has 2 aromatic carbocycles. The molecule has 128 valence electrons. The number of halogens is 2. The van der Waals surface area contributed by atoms with E-state index in [0.717, 1.165) is 0 Å². The predicted octanol–water partition coefficient (Wildman–Crippen LogP) is 4.41. The first kappa shape index (κ1) is 17.0. The average Bonchev–Trinajstić information content (AvgIpc) is 3.00. The summed E-state index contributed by atoms with van der Waals surface area (Å²) < 4.78 is 24.0. The third kappa shape index (κ3) is 3.80. The van der Waals surface area contributed by atoms with Gasteiger partial charge in [0.2, 0.25) is 5.76 Å². The summed E-state index contributed by atoms with van der Waals surface area (Å²) >= 11 is 5.88. The monoisotopic (exact) mass is 361 g/mol. The summed E-state index contributed by atoms with van der Waals surface area (Å²) in [5.74, 6) is -2.09. The zero-order chi connectivity index (χ0) is 18.0. The first-order valence-corrected chi connectivity index (χ1v) is 7.77. The summed E-state index contributed by atoms with van der Waals surface area (Å²) in [6, 6.07) is 12.1. The van der Waals surface area contributed by atoms with Crippen LogP contribution >= 0.6 is 11.6 Å². The molecule has 25 heavy (non-hydrogen) atoms. The molecule has 3 aromatic rings. The first-order chi connectivity index (χ1) is 11.9. The standard InChI is InChI=1S/C18H13ClFNO4/c1-10(17(22)21-14-5-3-2-4-13(14)20)24-18(23)16-9-11-8-12(19)6-7-15(11)25-16/h2-10H,1H3,(H,21,22)/t10-/m0/s1. The number of anilines is 1. The lowest BCUT2D eigenvalue weighted by Gasteiger charge is -2.13. The molecule has 0 spiro atoms. The van der Waals surface area contributed by atoms with E-state index in [1.54, 1.807) is 24.3 Å². The molecule has 0 saturated heterocycles. The van der Waals surface area contributed by atoms with E-state index in [2.05, 4.69) is 5.32 Å². The highest BCUT2D eigenvalue weighted by Crippen LogP contribution is 2.23. The first-order valence-electron chi connectivity index (χ1n) is 7.39. The van der Waals surface area contributed by atoms with Crippen LogP contribution in [-0.2, 0) is 9.53 Å². The van der Waals surface area contributed by atoms with Crippen LogP contribution < -0.4 is 5.32 Å². The Kier molecular flexibility index (Phi) is 4.72. The van der Waals surface area contributed by atoms with Gasteiger partial charge >= 0.3 is 5.97 Å². The summed E-state index contributed by atoms with van der Waals surface area (Å²) in [5, 5.41) is 3.51. The normalized spacial score (nSPS) is 12.0. The summed E-state index contributed by atoms with van der Waals surface area (Å²) in [4.78, 5) is 24.2. The van der Waals surface area contributed by atoms with Gasteiger partial charge in [-0.3, -0.25) is 4.79 Å². The fourth-order valence-corrected chi connectivity index (χ4v) is 2.36. The van der Waals surface area contributed by atoms with E-state index in [1.165, 1.54) is 31.2 Å². The fourth-order valence-electron chi connectivity index (χ4n) is 2.18. The molecule has 0 aliphatic heterocycles. The highest BCUT2D eigenvalue weighted by atomic mass is 35.5. The van der Waals surface area contributed by atoms with E-state index in [9.17, 15) is 14.0 Å². The molecule has 1 amide bonds. The van der Waals surface area contributed by atoms with Crippen LogP contribution in [0.4, 0.5) is 10.1 Å². The van der Waals surface area contributed by atoms with Gasteiger partial charge in [0.25, 0.3) is 5.91 Å². The molecule has 0 unspecified atom stereocenters. The minimum atomic E-state index is -1.14. The van der Waals surface area contributed by atoms with Crippen molar-refractivity contribution in [1.82, 2.24) is 0 Å². The van der Waals surface area contributed by atoms with E-state index in [-0.39, 0.29) is 11.4 Å². The Morgan fingerprint density at radius 1 is 1.20 bits per heavy atom. The van der Waals surface area contributed by atoms with Gasteiger partial charge in [0.05, 0.1) is 5.69 Å². The van der Waals surface area contributed by atoms with Crippen molar-refractivity contribution >= 4 is 40.1 Å². The van der Waals surface area contributed by atoms with E-state index < -0.39 is 23.8 Å². The quantitative estimate of drug-likeness (QED) is 0.699. The number of para-hydroxylation sites is 1. The second kappa shape index (κ2) is 6.94. The molecule has 0 fully saturated rings. The van der Waals surface area contributed by atoms with Crippen LogP contribution in [0.1, 0.15) is 17.5 Å². The maximum atomic E-state index is 13.5. The lowest BCUT2D eigenvalue weighted by molar-refractivity contribution is -0.123. The third-order valence-corrected chi connectivity index (χ3v) is 3.70. The third-order valence-electron chi connectivity index (χ3n) is 3.46. The Labute approximate surface area is 147 Å². The molecular weight excluding hydrogens is 349 g/mol. The van der Waals surface area contributed by atoms with Crippen molar-refractivity contribution in [3.63, 3.8) is 0 Å². The Balaban J connectivity index is 1.68. The minimum Gasteiger partial charge on any atom is -0.449 e. The molecule has 0 bridgehead atoms. The SMILES string of the molecule is C[C@H](OC(=O)c1cc2cc(Cl)ccc2o1)C(=O)Nc1ccccc1F. The second-order valence-corrected chi connectivity index (χ2v) is 5.75. The van der Waals surface area contributed by atoms with Crippen LogP contribution in [0.5, 0.6) is 0 Å². The van der Waals surface area contributed by atoms with E-state index in [1.807, 2.05) is 0 Å². The number of rotatable bonds is 4. The molecule has 1 heterocycles. The number of nitrogens with one attached hydrogen (secondary N) is 1. The van der Waals surface area contributed by atoms with Crippen molar-refractivity contribution in [2.45, 2.75) is 13.0 Å². The van der Waals surface area contributed by atoms with Gasteiger partial charge in [0.15, 0.2) is 6.10 Å². The van der Waals surface area contributed by atoms with Gasteiger partial charge in [-0.25, -0.2) is 9.18 Å². The van der Waals surface area contributed by atoms with Gasteiger partial charge in [0, 0.05) is 10.4 Å². The second-order valence-electron chi connectivity index (χ2n) is 5.31. The number of carbonyl (C=O) groups excluding carboxylic acids is 2. The zero-order valence-corrected chi connectivity index (χ0v) is 13.8. The number of furan rings is 1. The average molecular weight is 362 g/mol. The largest absolute Gasteiger partial charge is 0.449 e. The zero-order valence-electron chi connectivity index (χ0n) is 13.1. The molecule has 0 aliphatic rings. The van der Waals surface area contributed by atoms with Crippen molar-refractivity contribution in [2.75, 3.05) is 5.32 Å². The Hall–Kier alpha value is -2.86. The number of hydrogen-bond donors (Lipinski definition) is 1. The maximum Gasteiger partial charge on any atom is 0.375 e. The van der Waals surface area contributed by atoms with E-state index in [4.69, 9.17) is 20.8 Å². The molecule has 1 N–H and O–H groups in total. The lowest BCUT2D eigenvalue weighted by Crippen LogP contribution is -2.30. The van der Waals surface area contributed by atoms with Gasteiger partial charge in [0.1, 0.15) is 11.4 Å². The van der Waals surface area contributed by atoms with Crippen LogP contribution in [-0.4, -0.2) is 18.0 Å². The van der Waals surface area contributed by atoms with Crippen molar-refractivity contribution < 1.29 is 23.1 Å². The molecule has 1 aromatic heterocycles. The molecule has 0 saturated carbocycles. The number of carbonyl (C=O) groups is 2. The topological polar surface area (TPSA) is 68.5 Å². The van der Waals surface area contributed by atoms with E-state index in [0.29, 0.717) is 16.0 Å². The van der Waals surface area contributed by atoms with Crippen LogP contribution in [0, 0.1) is 5.82 Å². The maximum absolute atomic E-state index is 13.5. The van der Waals surface area contributed by atoms with Gasteiger partial charge in [-0.05, 0) is 43.3 Å². The van der Waals surface area contributed by atoms with Gasteiger partial charge in [-0.1, -0.05) is 23.7 Å². The number of hydrogen-bond acceptors (Lipinski definition) is 4. The lowest BCUT2D eigenvalue weighted by atomic mass is 10.2. The minimum absolute atomic E-state index is 0.00813. The molecular formula is C18H13ClFNO4. The summed E-state index contributed by atoms with van der Waals surface area (Å²) in [5.41, 5.74) is 0.480. The predicted molar refractivity (Wildman–Crippen MR) is 91.1 cm³/mol. The molecule has 0 radical (unpaired) electrons. The van der Waals surface area contributed by atoms with Gasteiger partial charge in [-0.15, -0.1) is 0 Å².